The van der Waals surface area contributed by atoms with Gasteiger partial charge in [0.25, 0.3) is 5.89 Å². The van der Waals surface area contributed by atoms with Crippen LogP contribution in [0.3, 0.4) is 0 Å². The maximum absolute atomic E-state index is 5.84. The van der Waals surface area contributed by atoms with Crippen molar-refractivity contribution in [3.8, 4) is 28.8 Å². The Morgan fingerprint density at radius 2 is 2.16 bits per heavy atom. The zero-order chi connectivity index (χ0) is 13.2. The summed E-state index contributed by atoms with van der Waals surface area (Å²) in [6.07, 6.45) is 1.55. The third kappa shape index (κ3) is 2.03. The molecule has 2 N–H and O–H groups in total. The van der Waals surface area contributed by atoms with Gasteiger partial charge < -0.3 is 19.4 Å². The second-order valence-corrected chi connectivity index (χ2v) is 3.86. The van der Waals surface area contributed by atoms with E-state index in [1.807, 2.05) is 6.07 Å². The Bertz CT molecular complexity index is 689. The minimum Gasteiger partial charge on any atom is -0.495 e. The number of nitrogens with zero attached hydrogens (tertiary/aromatic N) is 2. The maximum Gasteiger partial charge on any atom is 0.293 e. The van der Waals surface area contributed by atoms with Crippen molar-refractivity contribution < 1.29 is 13.7 Å². The third-order valence-electron chi connectivity index (χ3n) is 2.65. The first kappa shape index (κ1) is 11.3. The van der Waals surface area contributed by atoms with Crippen LogP contribution in [0.1, 0.15) is 0 Å². The summed E-state index contributed by atoms with van der Waals surface area (Å²) < 4.78 is 15.4. The van der Waals surface area contributed by atoms with E-state index in [2.05, 4.69) is 10.1 Å². The largest absolute Gasteiger partial charge is 0.495 e. The average Bonchev–Trinajstić information content (AvgIpc) is 3.09. The van der Waals surface area contributed by atoms with Crippen LogP contribution in [-0.4, -0.2) is 17.3 Å². The van der Waals surface area contributed by atoms with Crippen molar-refractivity contribution in [2.45, 2.75) is 0 Å². The number of nitrogens with two attached hydrogens (primary N) is 1. The molecular weight excluding hydrogens is 246 g/mol. The number of furan rings is 1. The van der Waals surface area contributed by atoms with Crippen LogP contribution >= 0.6 is 0 Å². The van der Waals surface area contributed by atoms with Gasteiger partial charge in [-0.3, -0.25) is 0 Å². The highest BCUT2D eigenvalue weighted by Gasteiger charge is 2.13. The number of nitrogen functional groups attached to an aromatic ring is 1. The van der Waals surface area contributed by atoms with Gasteiger partial charge >= 0.3 is 0 Å². The lowest BCUT2D eigenvalue weighted by Crippen LogP contribution is -1.93. The lowest BCUT2D eigenvalue weighted by atomic mass is 10.2. The highest BCUT2D eigenvalue weighted by Crippen LogP contribution is 2.28. The molecule has 6 nitrogen and oxygen atoms in total. The van der Waals surface area contributed by atoms with E-state index in [0.29, 0.717) is 28.9 Å². The summed E-state index contributed by atoms with van der Waals surface area (Å²) in [5.74, 6) is 1.91. The Morgan fingerprint density at radius 1 is 1.26 bits per heavy atom. The summed E-state index contributed by atoms with van der Waals surface area (Å²) in [6.45, 7) is 0. The zero-order valence-corrected chi connectivity index (χ0v) is 10.2. The first-order valence-electron chi connectivity index (χ1n) is 5.59. The number of benzene rings is 1. The predicted molar refractivity (Wildman–Crippen MR) is 68.4 cm³/mol. The van der Waals surface area contributed by atoms with Crippen LogP contribution in [0.15, 0.2) is 45.5 Å². The Morgan fingerprint density at radius 3 is 2.84 bits per heavy atom. The van der Waals surface area contributed by atoms with Gasteiger partial charge in [0.15, 0.2) is 5.76 Å². The van der Waals surface area contributed by atoms with Crippen molar-refractivity contribution in [3.05, 3.63) is 36.6 Å². The minimum atomic E-state index is 0.328. The van der Waals surface area contributed by atoms with E-state index in [0.717, 1.165) is 5.56 Å². The molecule has 0 saturated carbocycles. The molecule has 3 aromatic rings. The van der Waals surface area contributed by atoms with Gasteiger partial charge in [-0.1, -0.05) is 5.16 Å². The molecule has 0 aliphatic rings. The van der Waals surface area contributed by atoms with E-state index in [1.165, 1.54) is 0 Å². The van der Waals surface area contributed by atoms with Crippen LogP contribution in [0.25, 0.3) is 23.0 Å². The first-order chi connectivity index (χ1) is 9.28. The molecule has 6 heteroatoms. The van der Waals surface area contributed by atoms with Crippen LogP contribution in [0.4, 0.5) is 5.69 Å². The number of hydrogen-bond acceptors (Lipinski definition) is 6. The Balaban J connectivity index is 1.97. The number of ether oxygens (including phenoxy) is 1. The van der Waals surface area contributed by atoms with E-state index in [9.17, 15) is 0 Å². The van der Waals surface area contributed by atoms with Gasteiger partial charge in [-0.15, -0.1) is 0 Å². The second kappa shape index (κ2) is 4.49. The van der Waals surface area contributed by atoms with Crippen LogP contribution in [-0.2, 0) is 0 Å². The lowest BCUT2D eigenvalue weighted by molar-refractivity contribution is 0.416. The molecule has 0 spiro atoms. The molecule has 0 aliphatic heterocycles. The molecule has 3 rings (SSSR count). The fraction of sp³-hybridized carbons (Fsp3) is 0.0769. The Kier molecular flexibility index (Phi) is 2.68. The molecule has 0 bridgehead atoms. The van der Waals surface area contributed by atoms with Crippen molar-refractivity contribution >= 4 is 5.69 Å². The number of aromatic nitrogens is 2. The lowest BCUT2D eigenvalue weighted by Gasteiger charge is -2.04. The molecule has 0 amide bonds. The monoisotopic (exact) mass is 257 g/mol. The number of anilines is 1. The van der Waals surface area contributed by atoms with Gasteiger partial charge in [0, 0.05) is 5.56 Å². The number of hydrogen-bond donors (Lipinski definition) is 1. The van der Waals surface area contributed by atoms with Crippen molar-refractivity contribution in [2.75, 3.05) is 12.8 Å². The van der Waals surface area contributed by atoms with Crippen molar-refractivity contribution in [1.82, 2.24) is 10.1 Å². The normalized spacial score (nSPS) is 10.6. The minimum absolute atomic E-state index is 0.328. The second-order valence-electron chi connectivity index (χ2n) is 3.86. The van der Waals surface area contributed by atoms with Gasteiger partial charge in [0.1, 0.15) is 5.75 Å². The summed E-state index contributed by atoms with van der Waals surface area (Å²) in [7, 11) is 1.56. The molecule has 2 heterocycles. The Hall–Kier alpha value is -2.76. The van der Waals surface area contributed by atoms with Crippen molar-refractivity contribution in [3.63, 3.8) is 0 Å². The average molecular weight is 257 g/mol. The molecule has 1 aromatic carbocycles. The number of rotatable bonds is 3. The highest BCUT2D eigenvalue weighted by molar-refractivity contribution is 5.66. The van der Waals surface area contributed by atoms with Gasteiger partial charge in [0.2, 0.25) is 5.82 Å². The van der Waals surface area contributed by atoms with Gasteiger partial charge in [-0.2, -0.15) is 4.98 Å². The zero-order valence-electron chi connectivity index (χ0n) is 10.2. The third-order valence-corrected chi connectivity index (χ3v) is 2.65. The predicted octanol–water partition coefficient (Wildman–Crippen LogP) is 2.59. The molecule has 0 saturated heterocycles. The summed E-state index contributed by atoms with van der Waals surface area (Å²) in [6, 6.07) is 8.80. The molecule has 0 atom stereocenters. The molecule has 19 heavy (non-hydrogen) atoms. The quantitative estimate of drug-likeness (QED) is 0.725. The highest BCUT2D eigenvalue weighted by atomic mass is 16.5. The first-order valence-corrected chi connectivity index (χ1v) is 5.59. The number of methoxy groups -OCH3 is 1. The smallest absolute Gasteiger partial charge is 0.293 e. The van der Waals surface area contributed by atoms with E-state index in [1.54, 1.807) is 37.6 Å². The SMILES string of the molecule is COc1ccc(-c2noc(-c3ccco3)n2)cc1N. The van der Waals surface area contributed by atoms with Gasteiger partial charge in [-0.25, -0.2) is 0 Å². The molecular formula is C13H11N3O3. The van der Waals surface area contributed by atoms with E-state index in [4.69, 9.17) is 19.4 Å². The van der Waals surface area contributed by atoms with Crippen LogP contribution in [0, 0.1) is 0 Å². The molecule has 0 aliphatic carbocycles. The van der Waals surface area contributed by atoms with E-state index < -0.39 is 0 Å². The summed E-state index contributed by atoms with van der Waals surface area (Å²) in [5, 5.41) is 3.90. The van der Waals surface area contributed by atoms with Crippen LogP contribution < -0.4 is 10.5 Å². The summed E-state index contributed by atoms with van der Waals surface area (Å²) in [5.41, 5.74) is 7.11. The van der Waals surface area contributed by atoms with Crippen LogP contribution in [0.5, 0.6) is 5.75 Å². The molecule has 96 valence electrons. The van der Waals surface area contributed by atoms with Crippen LogP contribution in [0.2, 0.25) is 0 Å². The van der Waals surface area contributed by atoms with Crippen molar-refractivity contribution in [1.29, 1.82) is 0 Å². The van der Waals surface area contributed by atoms with E-state index >= 15 is 0 Å². The fourth-order valence-corrected chi connectivity index (χ4v) is 1.71. The fourth-order valence-electron chi connectivity index (χ4n) is 1.71. The van der Waals surface area contributed by atoms with Gasteiger partial charge in [-0.05, 0) is 30.3 Å². The molecule has 0 fully saturated rings. The standard InChI is InChI=1S/C13H11N3O3/c1-17-10-5-4-8(7-9(10)14)12-15-13(19-16-12)11-3-2-6-18-11/h2-7H,14H2,1H3. The maximum atomic E-state index is 5.84. The molecule has 2 aromatic heterocycles. The molecule has 0 unspecified atom stereocenters. The van der Waals surface area contributed by atoms with E-state index in [-0.39, 0.29) is 0 Å². The Labute approximate surface area is 108 Å². The summed E-state index contributed by atoms with van der Waals surface area (Å²) >= 11 is 0. The van der Waals surface area contributed by atoms with Crippen molar-refractivity contribution in [2.24, 2.45) is 0 Å². The topological polar surface area (TPSA) is 87.3 Å². The summed E-state index contributed by atoms with van der Waals surface area (Å²) in [4.78, 5) is 4.25. The molecule has 0 radical (unpaired) electrons. The van der Waals surface area contributed by atoms with Gasteiger partial charge in [0.05, 0.1) is 19.1 Å².